The van der Waals surface area contributed by atoms with Crippen LogP contribution in [0.1, 0.15) is 71.3 Å². The molecule has 0 bridgehead atoms. The summed E-state index contributed by atoms with van der Waals surface area (Å²) >= 11 is 0. The van der Waals surface area contributed by atoms with Gasteiger partial charge in [0.15, 0.2) is 5.96 Å². The Labute approximate surface area is 440 Å². The van der Waals surface area contributed by atoms with E-state index in [4.69, 9.17) is 27.7 Å². The Hall–Kier alpha value is -7.37. The van der Waals surface area contributed by atoms with Gasteiger partial charge in [0.2, 0.25) is 65.0 Å². The van der Waals surface area contributed by atoms with Crippen LogP contribution in [-0.2, 0) is 64.0 Å². The molecule has 1 aromatic carbocycles. The summed E-state index contributed by atoms with van der Waals surface area (Å²) in [5.74, 6) is -12.2. The number of rotatable bonds is 15. The van der Waals surface area contributed by atoms with Crippen LogP contribution in [0, 0.1) is 5.92 Å². The molecule has 75 heavy (non-hydrogen) atoms. The number of ether oxygens (including phenoxy) is 1. The van der Waals surface area contributed by atoms with Crippen molar-refractivity contribution in [1.29, 1.82) is 0 Å². The number of benzene rings is 1. The highest BCUT2D eigenvalue weighted by molar-refractivity contribution is 8.76. The number of nitrogens with two attached hydrogens (primary N) is 4. The number of hydrogen-bond donors (Lipinski definition) is 13. The van der Waals surface area contributed by atoms with E-state index < -0.39 is 139 Å². The van der Waals surface area contributed by atoms with Crippen molar-refractivity contribution < 1.29 is 67.4 Å². The summed E-state index contributed by atoms with van der Waals surface area (Å²) in [6, 6.07) is -5.36. The summed E-state index contributed by atoms with van der Waals surface area (Å²) in [4.78, 5) is 165. The molecule has 1 aromatic rings. The Bertz CT molecular complexity index is 2290. The lowest BCUT2D eigenvalue weighted by molar-refractivity contribution is -0.143. The number of fused-ring (bicyclic) bond motifs is 1. The molecule has 0 unspecified atom stereocenters. The van der Waals surface area contributed by atoms with Crippen LogP contribution in [0.15, 0.2) is 29.3 Å². The highest BCUT2D eigenvalue weighted by atomic mass is 33.1. The van der Waals surface area contributed by atoms with Crippen LogP contribution in [0.3, 0.4) is 0 Å². The highest BCUT2D eigenvalue weighted by Crippen LogP contribution is 2.24. The first-order valence-electron chi connectivity index (χ1n) is 23.8. The van der Waals surface area contributed by atoms with Crippen molar-refractivity contribution >= 4 is 98.5 Å². The third kappa shape index (κ3) is 21.6. The van der Waals surface area contributed by atoms with Gasteiger partial charge >= 0.3 is 5.97 Å². The fourth-order valence-electron chi connectivity index (χ4n) is 7.72. The predicted octanol–water partition coefficient (Wildman–Crippen LogP) is -4.91. The zero-order chi connectivity index (χ0) is 55.9. The minimum absolute atomic E-state index is 0.00352. The second kappa shape index (κ2) is 30.7. The van der Waals surface area contributed by atoms with E-state index in [2.05, 4.69) is 47.5 Å². The minimum atomic E-state index is -1.84. The van der Waals surface area contributed by atoms with Crippen LogP contribution >= 0.6 is 21.6 Å². The quantitative estimate of drug-likeness (QED) is 0.0339. The Morgan fingerprint density at radius 1 is 0.773 bits per heavy atom. The topological polar surface area (TPSA) is 450 Å². The Morgan fingerprint density at radius 3 is 1.99 bits per heavy atom. The molecule has 11 amide bonds. The molecule has 2 aliphatic heterocycles. The number of aliphatic imine (C=N–C) groups is 1. The van der Waals surface area contributed by atoms with Crippen LogP contribution in [0.25, 0.3) is 0 Å². The number of primary amides is 2. The van der Waals surface area contributed by atoms with E-state index in [9.17, 15) is 62.6 Å². The van der Waals surface area contributed by atoms with E-state index in [0.717, 1.165) is 33.4 Å². The fraction of sp³-hybridized carbons (Fsp3) is 0.578. The third-order valence-electron chi connectivity index (χ3n) is 11.4. The van der Waals surface area contributed by atoms with E-state index >= 15 is 0 Å². The minimum Gasteiger partial charge on any atom is -0.497 e. The molecular weight excluding hydrogens is 1020 g/mol. The summed E-state index contributed by atoms with van der Waals surface area (Å²) in [5, 5.41) is 29.5. The van der Waals surface area contributed by atoms with Crippen LogP contribution in [0.5, 0.6) is 5.75 Å². The van der Waals surface area contributed by atoms with Crippen LogP contribution < -0.4 is 70.2 Å². The molecule has 28 nitrogen and oxygen atoms in total. The summed E-state index contributed by atoms with van der Waals surface area (Å²) in [7, 11) is 3.36. The summed E-state index contributed by atoms with van der Waals surface area (Å²) in [6.07, 6.45) is -1.62. The van der Waals surface area contributed by atoms with E-state index in [1.807, 2.05) is 0 Å². The predicted molar refractivity (Wildman–Crippen MR) is 273 cm³/mol. The van der Waals surface area contributed by atoms with Gasteiger partial charge in [0.1, 0.15) is 54.1 Å². The molecule has 2 saturated heterocycles. The number of methoxy groups -OCH3 is 1. The third-order valence-corrected chi connectivity index (χ3v) is 13.8. The van der Waals surface area contributed by atoms with Crippen LogP contribution in [-0.4, -0.2) is 173 Å². The second-order valence-electron chi connectivity index (χ2n) is 18.0. The van der Waals surface area contributed by atoms with Crippen LogP contribution in [0.4, 0.5) is 0 Å². The Morgan fingerprint density at radius 2 is 1.39 bits per heavy atom. The molecule has 0 aromatic heterocycles. The van der Waals surface area contributed by atoms with Gasteiger partial charge in [-0.2, -0.15) is 0 Å². The van der Waals surface area contributed by atoms with Gasteiger partial charge < -0.3 is 80.2 Å². The average Bonchev–Trinajstić information content (AvgIpc) is 3.83. The number of carbonyl (C=O) groups excluding carboxylic acids is 11. The number of carboxylic acid groups (broad SMARTS) is 1. The van der Waals surface area contributed by atoms with Crippen molar-refractivity contribution in [3.8, 4) is 5.75 Å². The van der Waals surface area contributed by atoms with Gasteiger partial charge in [-0.3, -0.25) is 62.5 Å². The molecule has 414 valence electrons. The van der Waals surface area contributed by atoms with Crippen LogP contribution in [0.2, 0.25) is 0 Å². The maximum absolute atomic E-state index is 14.2. The molecule has 2 heterocycles. The molecule has 17 N–H and O–H groups in total. The lowest BCUT2D eigenvalue weighted by atomic mass is 10.0. The first-order valence-corrected chi connectivity index (χ1v) is 26.3. The van der Waals surface area contributed by atoms with Gasteiger partial charge in [-0.05, 0) is 55.7 Å². The number of carboxylic acids is 1. The molecule has 0 saturated carbocycles. The number of hydrogen-bond acceptors (Lipinski definition) is 16. The molecule has 0 spiro atoms. The lowest BCUT2D eigenvalue weighted by Crippen LogP contribution is -2.59. The first kappa shape index (κ1) is 61.9. The van der Waals surface area contributed by atoms with Crippen molar-refractivity contribution in [1.82, 2.24) is 47.4 Å². The Balaban J connectivity index is 2.10. The van der Waals surface area contributed by atoms with E-state index in [-0.39, 0.29) is 75.0 Å². The van der Waals surface area contributed by atoms with E-state index in [1.165, 1.54) is 7.11 Å². The molecule has 30 heteroatoms. The summed E-state index contributed by atoms with van der Waals surface area (Å²) in [6.45, 7) is 3.74. The number of nitrogens with zero attached hydrogens (tertiary/aromatic N) is 2. The van der Waals surface area contributed by atoms with Crippen molar-refractivity contribution in [2.24, 2.45) is 33.8 Å². The van der Waals surface area contributed by atoms with Crippen molar-refractivity contribution in [2.75, 3.05) is 38.2 Å². The number of carbonyl (C=O) groups is 12. The molecule has 3 rings (SSSR count). The zero-order valence-corrected chi connectivity index (χ0v) is 43.6. The number of guanidine groups is 1. The maximum atomic E-state index is 14.2. The molecular formula is C45H68N14O14S2. The second-order valence-corrected chi connectivity index (χ2v) is 20.5. The largest absolute Gasteiger partial charge is 0.497 e. The van der Waals surface area contributed by atoms with Gasteiger partial charge in [-0.1, -0.05) is 47.6 Å². The normalized spacial score (nSPS) is 24.4. The smallest absolute Gasteiger partial charge is 0.305 e. The van der Waals surface area contributed by atoms with Gasteiger partial charge in [0.25, 0.3) is 0 Å². The summed E-state index contributed by atoms with van der Waals surface area (Å²) in [5.41, 5.74) is 22.5. The van der Waals surface area contributed by atoms with Crippen molar-refractivity contribution in [2.45, 2.75) is 120 Å². The van der Waals surface area contributed by atoms with Gasteiger partial charge in [0.05, 0.1) is 26.5 Å². The molecule has 2 fully saturated rings. The Kier molecular flexibility index (Phi) is 25.4. The number of nitrogens with one attached hydrogen (secondary N) is 8. The molecule has 0 radical (unpaired) electrons. The van der Waals surface area contributed by atoms with Crippen molar-refractivity contribution in [3.63, 3.8) is 0 Å². The van der Waals surface area contributed by atoms with Gasteiger partial charge in [0, 0.05) is 37.9 Å². The molecule has 8 atom stereocenters. The zero-order valence-electron chi connectivity index (χ0n) is 42.0. The molecule has 0 aliphatic carbocycles. The summed E-state index contributed by atoms with van der Waals surface area (Å²) < 4.78 is 5.22. The van der Waals surface area contributed by atoms with Crippen molar-refractivity contribution in [3.05, 3.63) is 29.8 Å². The van der Waals surface area contributed by atoms with E-state index in [0.29, 0.717) is 11.3 Å². The van der Waals surface area contributed by atoms with Gasteiger partial charge in [-0.25, -0.2) is 0 Å². The standard InChI is InChI=1S/C45H68N14O14S2/c1-22(2)15-27-39(67)58-31(37(47)65)20-74-75-21-32(52-23(3)60)42(70)57-30(17-34(46)61)44(72)59-14-6-8-33(59)43(71)54-26(7-5-13-50-45(48)49)38(66)51-19-35(62)53-29(18-36(63)64)41(69)56-28(40(68)55-27)16-24-9-11-25(73-4)12-10-24/h9-12,22,26-33H,5-8,13-21H2,1-4H3,(H2,46,61)(H2,47,65)(H,51,66)(H,52,60)(H,53,62)(H,54,71)(H,55,68)(H,56,69)(H,57,70)(H,58,67)(H,63,64)(H4,48,49,50)/t26-,27-,28-,29-,30-,31-,32-,33-/m0/s1. The lowest BCUT2D eigenvalue weighted by Gasteiger charge is -2.30. The fourth-order valence-corrected chi connectivity index (χ4v) is 10.1. The van der Waals surface area contributed by atoms with Gasteiger partial charge in [-0.15, -0.1) is 0 Å². The average molecular weight is 1090 g/mol. The maximum Gasteiger partial charge on any atom is 0.305 e. The molecule has 2 aliphatic rings. The first-order chi connectivity index (χ1) is 35.4. The number of amides is 11. The van der Waals surface area contributed by atoms with E-state index in [1.54, 1.807) is 38.1 Å². The highest BCUT2D eigenvalue weighted by Gasteiger charge is 2.40. The monoisotopic (exact) mass is 1090 g/mol. The SMILES string of the molecule is COc1ccc(C[C@@H]2NC(=O)[C@H](CC(=O)O)NC(=O)CNC(=O)[C@H](CCCN=C(N)N)NC(=O)[C@@H]3CCCN3C(=O)[C@H](CC(N)=O)NC(=O)[C@@H](NC(C)=O)CSSC[C@@H](C(N)=O)NC(=O)[C@H](CC(C)C)NC2=O)cc1. The number of aliphatic carboxylic acids is 1.